The summed E-state index contributed by atoms with van der Waals surface area (Å²) in [5.41, 5.74) is 0.519. The fraction of sp³-hybridized carbons (Fsp3) is 0.941. The molecule has 0 atom stereocenters. The molecule has 1 spiro atoms. The summed E-state index contributed by atoms with van der Waals surface area (Å²) in [5, 5.41) is 3.40. The van der Waals surface area contributed by atoms with Crippen LogP contribution in [0.25, 0.3) is 0 Å². The highest BCUT2D eigenvalue weighted by Gasteiger charge is 2.39. The molecule has 2 aliphatic rings. The second-order valence-corrected chi connectivity index (χ2v) is 9.21. The summed E-state index contributed by atoms with van der Waals surface area (Å²) in [6.45, 7) is 7.94. The summed E-state index contributed by atoms with van der Waals surface area (Å²) in [6, 6.07) is 0. The number of hydrogen-bond donors (Lipinski definition) is 2. The highest BCUT2D eigenvalue weighted by molar-refractivity contribution is 7.89. The van der Waals surface area contributed by atoms with Gasteiger partial charge in [-0.1, -0.05) is 19.3 Å². The second kappa shape index (κ2) is 9.04. The average molecular weight is 359 g/mol. The molecule has 1 aliphatic carbocycles. The van der Waals surface area contributed by atoms with Crippen LogP contribution in [0.4, 0.5) is 0 Å². The Balaban J connectivity index is 1.82. The topological polar surface area (TPSA) is 73.8 Å². The highest BCUT2D eigenvalue weighted by Crippen LogP contribution is 2.43. The molecule has 0 radical (unpaired) electrons. The number of likely N-dealkylation sites (tertiary alicyclic amines) is 1. The van der Waals surface area contributed by atoms with Crippen molar-refractivity contribution >= 4 is 16.0 Å². The minimum atomic E-state index is -3.09. The van der Waals surface area contributed by atoms with E-state index in [4.69, 9.17) is 4.99 Å². The molecule has 2 fully saturated rings. The number of hydrogen-bond acceptors (Lipinski definition) is 3. The molecule has 1 saturated carbocycles. The highest BCUT2D eigenvalue weighted by atomic mass is 32.2. The van der Waals surface area contributed by atoms with Gasteiger partial charge in [-0.25, -0.2) is 13.1 Å². The van der Waals surface area contributed by atoms with Crippen molar-refractivity contribution in [3.8, 4) is 0 Å². The van der Waals surface area contributed by atoms with Gasteiger partial charge in [0, 0.05) is 32.7 Å². The molecule has 1 saturated heterocycles. The zero-order valence-electron chi connectivity index (χ0n) is 15.3. The maximum atomic E-state index is 11.4. The molecule has 0 amide bonds. The molecule has 0 unspecified atom stereocenters. The van der Waals surface area contributed by atoms with E-state index in [1.54, 1.807) is 6.92 Å². The number of sulfonamides is 1. The Morgan fingerprint density at radius 1 is 1.17 bits per heavy atom. The van der Waals surface area contributed by atoms with E-state index in [0.717, 1.165) is 32.0 Å². The van der Waals surface area contributed by atoms with Crippen LogP contribution in [0.3, 0.4) is 0 Å². The van der Waals surface area contributed by atoms with Crippen LogP contribution in [-0.2, 0) is 10.0 Å². The predicted molar refractivity (Wildman–Crippen MR) is 99.8 cm³/mol. The van der Waals surface area contributed by atoms with Crippen LogP contribution in [0.5, 0.6) is 0 Å². The van der Waals surface area contributed by atoms with Crippen LogP contribution in [0.2, 0.25) is 0 Å². The third kappa shape index (κ3) is 5.62. The van der Waals surface area contributed by atoms with E-state index in [1.807, 2.05) is 0 Å². The summed E-state index contributed by atoms with van der Waals surface area (Å²) in [7, 11) is -3.09. The normalized spacial score (nSPS) is 21.4. The van der Waals surface area contributed by atoms with Gasteiger partial charge < -0.3 is 10.2 Å². The number of nitrogens with zero attached hydrogens (tertiary/aromatic N) is 2. The zero-order valence-corrected chi connectivity index (χ0v) is 16.1. The molecule has 0 aromatic rings. The molecule has 6 nitrogen and oxygen atoms in total. The lowest BCUT2D eigenvalue weighted by atomic mass is 9.73. The fourth-order valence-electron chi connectivity index (χ4n) is 3.85. The number of guanidine groups is 1. The van der Waals surface area contributed by atoms with Gasteiger partial charge >= 0.3 is 0 Å². The van der Waals surface area contributed by atoms with Crippen molar-refractivity contribution in [3.05, 3.63) is 0 Å². The Kier molecular flexibility index (Phi) is 7.34. The number of nitrogens with one attached hydrogen (secondary N) is 2. The SMILES string of the molecule is CCNC(=NCCCNS(=O)(=O)CC)N1CCC2(CCCCC2)C1. The van der Waals surface area contributed by atoms with E-state index < -0.39 is 10.0 Å². The Morgan fingerprint density at radius 2 is 1.92 bits per heavy atom. The maximum absolute atomic E-state index is 11.4. The van der Waals surface area contributed by atoms with Gasteiger partial charge in [0.15, 0.2) is 5.96 Å². The summed E-state index contributed by atoms with van der Waals surface area (Å²) < 4.78 is 25.4. The molecule has 1 heterocycles. The van der Waals surface area contributed by atoms with Crippen LogP contribution in [0.1, 0.15) is 58.8 Å². The molecular formula is C17H34N4O2S. The summed E-state index contributed by atoms with van der Waals surface area (Å²) in [4.78, 5) is 7.12. The largest absolute Gasteiger partial charge is 0.357 e. The number of aliphatic imine (C=N–C) groups is 1. The predicted octanol–water partition coefficient (Wildman–Crippen LogP) is 1.94. The third-order valence-corrected chi connectivity index (χ3v) is 6.69. The first kappa shape index (κ1) is 19.5. The lowest BCUT2D eigenvalue weighted by molar-refractivity contribution is 0.203. The van der Waals surface area contributed by atoms with Gasteiger partial charge in [0.1, 0.15) is 0 Å². The summed E-state index contributed by atoms with van der Waals surface area (Å²) >= 11 is 0. The Morgan fingerprint density at radius 3 is 2.58 bits per heavy atom. The Labute approximate surface area is 147 Å². The van der Waals surface area contributed by atoms with Crippen molar-refractivity contribution in [2.24, 2.45) is 10.4 Å². The molecule has 24 heavy (non-hydrogen) atoms. The summed E-state index contributed by atoms with van der Waals surface area (Å²) in [6.07, 6.45) is 8.88. The summed E-state index contributed by atoms with van der Waals surface area (Å²) in [5.74, 6) is 1.13. The van der Waals surface area contributed by atoms with Gasteiger partial charge in [0.2, 0.25) is 10.0 Å². The van der Waals surface area contributed by atoms with Crippen LogP contribution in [0, 0.1) is 5.41 Å². The van der Waals surface area contributed by atoms with Gasteiger partial charge in [-0.15, -0.1) is 0 Å². The fourth-order valence-corrected chi connectivity index (χ4v) is 4.50. The Bertz CT molecular complexity index is 513. The van der Waals surface area contributed by atoms with E-state index in [9.17, 15) is 8.42 Å². The third-order valence-electron chi connectivity index (χ3n) is 5.29. The van der Waals surface area contributed by atoms with Crippen molar-refractivity contribution in [3.63, 3.8) is 0 Å². The average Bonchev–Trinajstić information content (AvgIpc) is 2.97. The van der Waals surface area contributed by atoms with Gasteiger partial charge in [0.25, 0.3) is 0 Å². The van der Waals surface area contributed by atoms with Crippen molar-refractivity contribution in [2.75, 3.05) is 38.5 Å². The molecule has 7 heteroatoms. The first-order valence-electron chi connectivity index (χ1n) is 9.51. The molecule has 0 aromatic heterocycles. The molecule has 2 rings (SSSR count). The van der Waals surface area contributed by atoms with Crippen LogP contribution in [0.15, 0.2) is 4.99 Å². The maximum Gasteiger partial charge on any atom is 0.211 e. The lowest BCUT2D eigenvalue weighted by Crippen LogP contribution is -2.41. The van der Waals surface area contributed by atoms with Crippen molar-refractivity contribution in [2.45, 2.75) is 58.8 Å². The van der Waals surface area contributed by atoms with Crippen LogP contribution in [-0.4, -0.2) is 57.8 Å². The molecule has 140 valence electrons. The van der Waals surface area contributed by atoms with Crippen molar-refractivity contribution < 1.29 is 8.42 Å². The minimum Gasteiger partial charge on any atom is -0.357 e. The van der Waals surface area contributed by atoms with Crippen LogP contribution >= 0.6 is 0 Å². The van der Waals surface area contributed by atoms with Gasteiger partial charge in [0.05, 0.1) is 5.75 Å². The van der Waals surface area contributed by atoms with Crippen LogP contribution < -0.4 is 10.0 Å². The molecule has 2 N–H and O–H groups in total. The van der Waals surface area contributed by atoms with Crippen molar-refractivity contribution in [1.82, 2.24) is 14.9 Å². The quantitative estimate of drug-likeness (QED) is 0.414. The van der Waals surface area contributed by atoms with E-state index in [2.05, 4.69) is 21.9 Å². The van der Waals surface area contributed by atoms with Gasteiger partial charge in [-0.05, 0) is 44.9 Å². The Hall–Kier alpha value is -0.820. The minimum absolute atomic E-state index is 0.134. The zero-order chi connectivity index (χ0) is 17.5. The second-order valence-electron chi connectivity index (χ2n) is 7.12. The van der Waals surface area contributed by atoms with E-state index in [-0.39, 0.29) is 5.75 Å². The van der Waals surface area contributed by atoms with E-state index >= 15 is 0 Å². The first-order chi connectivity index (χ1) is 11.5. The molecule has 0 bridgehead atoms. The molecule has 1 aliphatic heterocycles. The smallest absolute Gasteiger partial charge is 0.211 e. The first-order valence-corrected chi connectivity index (χ1v) is 11.2. The standard InChI is InChI=1S/C17H34N4O2S/c1-3-18-16(19-12-8-13-20-24(22,23)4-2)21-14-11-17(15-21)9-6-5-7-10-17/h20H,3-15H2,1-2H3,(H,18,19). The monoisotopic (exact) mass is 358 g/mol. The molecular weight excluding hydrogens is 324 g/mol. The van der Waals surface area contributed by atoms with E-state index in [0.29, 0.717) is 18.5 Å². The molecule has 0 aromatic carbocycles. The van der Waals surface area contributed by atoms with Gasteiger partial charge in [-0.2, -0.15) is 0 Å². The van der Waals surface area contributed by atoms with Crippen molar-refractivity contribution in [1.29, 1.82) is 0 Å². The number of rotatable bonds is 7. The van der Waals surface area contributed by atoms with E-state index in [1.165, 1.54) is 38.5 Å². The van der Waals surface area contributed by atoms with Gasteiger partial charge in [-0.3, -0.25) is 4.99 Å². The lowest BCUT2D eigenvalue weighted by Gasteiger charge is -2.33.